The van der Waals surface area contributed by atoms with Crippen LogP contribution in [0, 0.1) is 0 Å². The summed E-state index contributed by atoms with van der Waals surface area (Å²) in [5, 5.41) is 0.277. The van der Waals surface area contributed by atoms with E-state index in [1.165, 1.54) is 0 Å². The lowest BCUT2D eigenvalue weighted by Gasteiger charge is -1.86. The maximum Gasteiger partial charge on any atom is 0.121 e. The standard InChI is InChI=1S/C7H9Cl2N/c1-6(5-8)3-4-10-7(2)9/h3-4H,2,5H2,1H3/b6-3+,10-4-. The monoisotopic (exact) mass is 177 g/mol. The van der Waals surface area contributed by atoms with Crippen molar-refractivity contribution in [2.75, 3.05) is 5.88 Å². The largest absolute Gasteiger partial charge is 0.245 e. The number of hydrogen-bond donors (Lipinski definition) is 0. The normalized spacial score (nSPS) is 12.5. The van der Waals surface area contributed by atoms with Crippen LogP contribution in [0.3, 0.4) is 0 Å². The van der Waals surface area contributed by atoms with Crippen LogP contribution in [0.4, 0.5) is 0 Å². The Hall–Kier alpha value is -0.270. The van der Waals surface area contributed by atoms with Crippen LogP contribution in [0.5, 0.6) is 0 Å². The highest BCUT2D eigenvalue weighted by atomic mass is 35.5. The molecule has 0 aliphatic rings. The Morgan fingerprint density at radius 2 is 2.30 bits per heavy atom. The predicted octanol–water partition coefficient (Wildman–Crippen LogP) is 2.95. The van der Waals surface area contributed by atoms with E-state index in [1.807, 2.05) is 6.92 Å². The summed E-state index contributed by atoms with van der Waals surface area (Å²) < 4.78 is 0. The number of hydrogen-bond acceptors (Lipinski definition) is 1. The topological polar surface area (TPSA) is 12.4 Å². The second kappa shape index (κ2) is 5.51. The molecule has 0 radical (unpaired) electrons. The number of aliphatic imine (C=N–C) groups is 1. The van der Waals surface area contributed by atoms with Gasteiger partial charge in [-0.05, 0) is 13.0 Å². The van der Waals surface area contributed by atoms with Gasteiger partial charge in [-0.3, -0.25) is 0 Å². The van der Waals surface area contributed by atoms with Gasteiger partial charge in [-0.2, -0.15) is 0 Å². The second-order valence-corrected chi connectivity index (χ2v) is 2.50. The Balaban J connectivity index is 3.82. The van der Waals surface area contributed by atoms with E-state index >= 15 is 0 Å². The molecular formula is C7H9Cl2N. The van der Waals surface area contributed by atoms with Gasteiger partial charge < -0.3 is 0 Å². The molecule has 0 aromatic heterocycles. The van der Waals surface area contributed by atoms with Crippen LogP contribution >= 0.6 is 23.2 Å². The summed E-state index contributed by atoms with van der Waals surface area (Å²) in [5.41, 5.74) is 1.04. The molecule has 0 saturated carbocycles. The first-order chi connectivity index (χ1) is 4.66. The van der Waals surface area contributed by atoms with E-state index in [4.69, 9.17) is 23.2 Å². The number of nitrogens with zero attached hydrogens (tertiary/aromatic N) is 1. The van der Waals surface area contributed by atoms with Gasteiger partial charge in [0.2, 0.25) is 0 Å². The van der Waals surface area contributed by atoms with Crippen molar-refractivity contribution in [2.24, 2.45) is 4.99 Å². The van der Waals surface area contributed by atoms with Gasteiger partial charge in [-0.25, -0.2) is 4.99 Å². The average molecular weight is 178 g/mol. The Labute approximate surface area is 71.1 Å². The van der Waals surface area contributed by atoms with E-state index in [-0.39, 0.29) is 5.16 Å². The van der Waals surface area contributed by atoms with Crippen LogP contribution in [0.15, 0.2) is 28.4 Å². The molecule has 0 spiro atoms. The van der Waals surface area contributed by atoms with Crippen molar-refractivity contribution in [3.63, 3.8) is 0 Å². The van der Waals surface area contributed by atoms with Gasteiger partial charge in [0.1, 0.15) is 5.16 Å². The van der Waals surface area contributed by atoms with Crippen molar-refractivity contribution >= 4 is 29.4 Å². The van der Waals surface area contributed by atoms with Gasteiger partial charge >= 0.3 is 0 Å². The maximum atomic E-state index is 5.48. The lowest BCUT2D eigenvalue weighted by molar-refractivity contribution is 1.41. The summed E-state index contributed by atoms with van der Waals surface area (Å²) in [6, 6.07) is 0. The summed E-state index contributed by atoms with van der Waals surface area (Å²) in [6.07, 6.45) is 3.37. The number of allylic oxidation sites excluding steroid dienone is 2. The van der Waals surface area contributed by atoms with E-state index in [2.05, 4.69) is 11.6 Å². The van der Waals surface area contributed by atoms with Crippen molar-refractivity contribution in [1.29, 1.82) is 0 Å². The third-order valence-corrected chi connectivity index (χ3v) is 1.30. The lowest BCUT2D eigenvalue weighted by Crippen LogP contribution is -1.76. The van der Waals surface area contributed by atoms with E-state index in [0.717, 1.165) is 5.57 Å². The zero-order chi connectivity index (χ0) is 7.98. The van der Waals surface area contributed by atoms with Crippen molar-refractivity contribution in [3.05, 3.63) is 23.4 Å². The SMILES string of the molecule is C=C(Cl)/N=C\C=C(/C)CCl. The second-order valence-electron chi connectivity index (χ2n) is 1.80. The smallest absolute Gasteiger partial charge is 0.121 e. The molecule has 0 atom stereocenters. The van der Waals surface area contributed by atoms with E-state index < -0.39 is 0 Å². The van der Waals surface area contributed by atoms with Crippen LogP contribution in [0.25, 0.3) is 0 Å². The third-order valence-electron chi connectivity index (χ3n) is 0.784. The van der Waals surface area contributed by atoms with Gasteiger partial charge in [0.25, 0.3) is 0 Å². The van der Waals surface area contributed by atoms with Gasteiger partial charge in [0, 0.05) is 12.1 Å². The number of halogens is 2. The fourth-order valence-corrected chi connectivity index (χ4v) is 0.435. The number of rotatable bonds is 3. The Kier molecular flexibility index (Phi) is 5.36. The summed E-state index contributed by atoms with van der Waals surface area (Å²) in [6.45, 7) is 5.30. The molecule has 0 aromatic rings. The first-order valence-electron chi connectivity index (χ1n) is 2.77. The lowest BCUT2D eigenvalue weighted by atomic mass is 10.3. The van der Waals surface area contributed by atoms with Gasteiger partial charge in [0.15, 0.2) is 0 Å². The Bertz CT molecular complexity index is 170. The average Bonchev–Trinajstić information content (AvgIpc) is 1.87. The molecule has 0 saturated heterocycles. The van der Waals surface area contributed by atoms with E-state index in [0.29, 0.717) is 5.88 Å². The Morgan fingerprint density at radius 3 is 2.70 bits per heavy atom. The molecule has 0 N–H and O–H groups in total. The fourth-order valence-electron chi connectivity index (χ4n) is 0.290. The van der Waals surface area contributed by atoms with Crippen molar-refractivity contribution in [3.8, 4) is 0 Å². The minimum atomic E-state index is 0.277. The van der Waals surface area contributed by atoms with Crippen molar-refractivity contribution in [1.82, 2.24) is 0 Å². The van der Waals surface area contributed by atoms with E-state index in [1.54, 1.807) is 12.3 Å². The third kappa shape index (κ3) is 5.86. The number of alkyl halides is 1. The van der Waals surface area contributed by atoms with E-state index in [9.17, 15) is 0 Å². The first-order valence-corrected chi connectivity index (χ1v) is 3.68. The van der Waals surface area contributed by atoms with Crippen LogP contribution in [-0.2, 0) is 0 Å². The van der Waals surface area contributed by atoms with Gasteiger partial charge in [-0.1, -0.05) is 23.8 Å². The van der Waals surface area contributed by atoms with Crippen molar-refractivity contribution in [2.45, 2.75) is 6.92 Å². The molecular weight excluding hydrogens is 169 g/mol. The van der Waals surface area contributed by atoms with Gasteiger partial charge in [0.05, 0.1) is 0 Å². The van der Waals surface area contributed by atoms with Crippen LogP contribution < -0.4 is 0 Å². The first kappa shape index (κ1) is 9.73. The maximum absolute atomic E-state index is 5.48. The van der Waals surface area contributed by atoms with Crippen LogP contribution in [0.1, 0.15) is 6.92 Å². The highest BCUT2D eigenvalue weighted by Crippen LogP contribution is 1.97. The molecule has 0 fully saturated rings. The molecule has 0 heterocycles. The molecule has 3 heteroatoms. The summed E-state index contributed by atoms with van der Waals surface area (Å²) in [4.78, 5) is 3.72. The highest BCUT2D eigenvalue weighted by molar-refractivity contribution is 6.29. The molecule has 0 rings (SSSR count). The fraction of sp³-hybridized carbons (Fsp3) is 0.286. The summed E-state index contributed by atoms with van der Waals surface area (Å²) in [7, 11) is 0. The molecule has 56 valence electrons. The van der Waals surface area contributed by atoms with Crippen LogP contribution in [0.2, 0.25) is 0 Å². The molecule has 0 amide bonds. The summed E-state index contributed by atoms with van der Waals surface area (Å²) in [5.74, 6) is 0.515. The zero-order valence-electron chi connectivity index (χ0n) is 5.77. The molecule has 0 bridgehead atoms. The Morgan fingerprint density at radius 1 is 1.70 bits per heavy atom. The molecule has 10 heavy (non-hydrogen) atoms. The zero-order valence-corrected chi connectivity index (χ0v) is 7.28. The van der Waals surface area contributed by atoms with Crippen LogP contribution in [-0.4, -0.2) is 12.1 Å². The van der Waals surface area contributed by atoms with Crippen molar-refractivity contribution < 1.29 is 0 Å². The quantitative estimate of drug-likeness (QED) is 0.358. The highest BCUT2D eigenvalue weighted by Gasteiger charge is 1.80. The minimum absolute atomic E-state index is 0.277. The van der Waals surface area contributed by atoms with Gasteiger partial charge in [-0.15, -0.1) is 11.6 Å². The molecule has 0 aliphatic heterocycles. The predicted molar refractivity (Wildman–Crippen MR) is 48.0 cm³/mol. The molecule has 0 aromatic carbocycles. The minimum Gasteiger partial charge on any atom is -0.245 e. The molecule has 1 nitrogen and oxygen atoms in total. The molecule has 0 aliphatic carbocycles. The summed E-state index contributed by atoms with van der Waals surface area (Å²) >= 11 is 10.8. The molecule has 0 unspecified atom stereocenters.